The van der Waals surface area contributed by atoms with Crippen LogP contribution in [0, 0.1) is 0 Å². The lowest BCUT2D eigenvalue weighted by Gasteiger charge is -2.20. The van der Waals surface area contributed by atoms with Crippen LogP contribution in [0.1, 0.15) is 23.6 Å². The van der Waals surface area contributed by atoms with E-state index in [9.17, 15) is 0 Å². The highest BCUT2D eigenvalue weighted by atomic mass is 15.5. The summed E-state index contributed by atoms with van der Waals surface area (Å²) < 4.78 is 2.19. The Hall–Kier alpha value is -3.72. The predicted octanol–water partition coefficient (Wildman–Crippen LogP) is 5.45. The standard InChI is InChI=1S/C27H26N3/c1-23(26-17-19-29(20-18-26)21-24-11-5-2-6-12-24)28-30(27-15-9-4-10-16-27)22-25-13-7-3-8-14-25/h2-20H,21-22H2,1H3/q+1. The predicted molar refractivity (Wildman–Crippen MR) is 123 cm³/mol. The Balaban J connectivity index is 1.55. The zero-order chi connectivity index (χ0) is 20.6. The summed E-state index contributed by atoms with van der Waals surface area (Å²) in [4.78, 5) is 0. The number of anilines is 1. The third-order valence-corrected chi connectivity index (χ3v) is 5.02. The molecule has 0 aliphatic rings. The molecule has 0 aliphatic heterocycles. The van der Waals surface area contributed by atoms with Crippen LogP contribution in [0.25, 0.3) is 0 Å². The second-order valence-corrected chi connectivity index (χ2v) is 7.31. The Morgan fingerprint density at radius 2 is 1.23 bits per heavy atom. The molecule has 0 amide bonds. The number of para-hydroxylation sites is 1. The maximum Gasteiger partial charge on any atom is 0.173 e. The SMILES string of the molecule is CC(=NN(Cc1ccccc1)c1ccccc1)c1cc[n+](Cc2ccccc2)cc1. The maximum absolute atomic E-state index is 4.97. The fraction of sp³-hybridized carbons (Fsp3) is 0.111. The second kappa shape index (κ2) is 9.66. The van der Waals surface area contributed by atoms with Crippen molar-refractivity contribution in [2.75, 3.05) is 5.01 Å². The normalized spacial score (nSPS) is 11.3. The van der Waals surface area contributed by atoms with Gasteiger partial charge in [-0.15, -0.1) is 0 Å². The molecule has 1 heterocycles. The number of hydrogen-bond donors (Lipinski definition) is 0. The highest BCUT2D eigenvalue weighted by Gasteiger charge is 2.09. The van der Waals surface area contributed by atoms with Gasteiger partial charge in [-0.3, -0.25) is 5.01 Å². The topological polar surface area (TPSA) is 19.5 Å². The molecule has 0 unspecified atom stereocenters. The van der Waals surface area contributed by atoms with E-state index in [0.29, 0.717) is 0 Å². The van der Waals surface area contributed by atoms with Gasteiger partial charge >= 0.3 is 0 Å². The monoisotopic (exact) mass is 392 g/mol. The summed E-state index contributed by atoms with van der Waals surface area (Å²) >= 11 is 0. The molecule has 1 aromatic heterocycles. The van der Waals surface area contributed by atoms with E-state index in [2.05, 4.69) is 102 Å². The Morgan fingerprint density at radius 1 is 0.700 bits per heavy atom. The molecule has 0 saturated carbocycles. The number of hydrazone groups is 1. The van der Waals surface area contributed by atoms with Crippen LogP contribution in [-0.4, -0.2) is 5.71 Å². The van der Waals surface area contributed by atoms with Gasteiger partial charge in [-0.1, -0.05) is 78.9 Å². The first-order chi connectivity index (χ1) is 14.8. The van der Waals surface area contributed by atoms with Gasteiger partial charge in [0.2, 0.25) is 0 Å². The Bertz CT molecular complexity index is 1070. The van der Waals surface area contributed by atoms with Crippen LogP contribution in [0.5, 0.6) is 0 Å². The van der Waals surface area contributed by atoms with Crippen LogP contribution in [0.15, 0.2) is 121 Å². The van der Waals surface area contributed by atoms with Gasteiger partial charge in [0, 0.05) is 23.3 Å². The van der Waals surface area contributed by atoms with Gasteiger partial charge in [-0.2, -0.15) is 5.10 Å². The second-order valence-electron chi connectivity index (χ2n) is 7.31. The molecule has 4 rings (SSSR count). The fourth-order valence-electron chi connectivity index (χ4n) is 3.38. The van der Waals surface area contributed by atoms with E-state index >= 15 is 0 Å². The summed E-state index contributed by atoms with van der Waals surface area (Å²) in [6.45, 7) is 3.66. The summed E-state index contributed by atoms with van der Waals surface area (Å²) in [5, 5.41) is 7.03. The average Bonchev–Trinajstić information content (AvgIpc) is 2.81. The molecule has 0 atom stereocenters. The summed E-state index contributed by atoms with van der Waals surface area (Å²) in [6, 6.07) is 35.5. The third-order valence-electron chi connectivity index (χ3n) is 5.02. The van der Waals surface area contributed by atoms with E-state index in [1.807, 2.05) is 30.3 Å². The molecule has 3 aromatic carbocycles. The minimum atomic E-state index is 0.725. The van der Waals surface area contributed by atoms with Gasteiger partial charge in [0.05, 0.1) is 17.9 Å². The Morgan fingerprint density at radius 3 is 1.83 bits per heavy atom. The maximum atomic E-state index is 4.97. The lowest BCUT2D eigenvalue weighted by Crippen LogP contribution is -2.33. The molecular weight excluding hydrogens is 366 g/mol. The molecule has 0 N–H and O–H groups in total. The first kappa shape index (κ1) is 19.6. The average molecular weight is 393 g/mol. The van der Waals surface area contributed by atoms with Crippen LogP contribution in [0.4, 0.5) is 5.69 Å². The minimum Gasteiger partial charge on any atom is -0.261 e. The lowest BCUT2D eigenvalue weighted by atomic mass is 10.2. The number of nitrogens with zero attached hydrogens (tertiary/aromatic N) is 3. The van der Waals surface area contributed by atoms with E-state index in [0.717, 1.165) is 30.1 Å². The molecule has 3 nitrogen and oxygen atoms in total. The van der Waals surface area contributed by atoms with Crippen molar-refractivity contribution in [3.05, 3.63) is 132 Å². The zero-order valence-corrected chi connectivity index (χ0v) is 17.2. The van der Waals surface area contributed by atoms with Crippen molar-refractivity contribution >= 4 is 11.4 Å². The molecule has 0 saturated heterocycles. The van der Waals surface area contributed by atoms with Crippen molar-refractivity contribution in [3.63, 3.8) is 0 Å². The molecule has 30 heavy (non-hydrogen) atoms. The number of pyridine rings is 1. The zero-order valence-electron chi connectivity index (χ0n) is 17.2. The van der Waals surface area contributed by atoms with E-state index in [4.69, 9.17) is 5.10 Å². The van der Waals surface area contributed by atoms with Crippen LogP contribution >= 0.6 is 0 Å². The fourth-order valence-corrected chi connectivity index (χ4v) is 3.38. The number of benzene rings is 3. The number of rotatable bonds is 7. The van der Waals surface area contributed by atoms with Crippen LogP contribution in [0.3, 0.4) is 0 Å². The summed E-state index contributed by atoms with van der Waals surface area (Å²) in [5.74, 6) is 0. The van der Waals surface area contributed by atoms with Gasteiger partial charge in [0.15, 0.2) is 18.9 Å². The molecule has 4 aromatic rings. The van der Waals surface area contributed by atoms with E-state index in [-0.39, 0.29) is 0 Å². The van der Waals surface area contributed by atoms with Crippen molar-refractivity contribution in [3.8, 4) is 0 Å². The van der Waals surface area contributed by atoms with Crippen LogP contribution in [-0.2, 0) is 13.1 Å². The molecule has 0 bridgehead atoms. The van der Waals surface area contributed by atoms with Crippen molar-refractivity contribution in [1.82, 2.24) is 0 Å². The smallest absolute Gasteiger partial charge is 0.173 e. The molecule has 0 spiro atoms. The van der Waals surface area contributed by atoms with Crippen LogP contribution < -0.4 is 9.58 Å². The first-order valence-electron chi connectivity index (χ1n) is 10.2. The van der Waals surface area contributed by atoms with Crippen LogP contribution in [0.2, 0.25) is 0 Å². The van der Waals surface area contributed by atoms with Crippen molar-refractivity contribution < 1.29 is 4.57 Å². The van der Waals surface area contributed by atoms with E-state index < -0.39 is 0 Å². The Labute approximate surface area is 178 Å². The number of aromatic nitrogens is 1. The summed E-state index contributed by atoms with van der Waals surface area (Å²) in [7, 11) is 0. The minimum absolute atomic E-state index is 0.725. The van der Waals surface area contributed by atoms with Gasteiger partial charge in [-0.05, 0) is 24.6 Å². The van der Waals surface area contributed by atoms with Gasteiger partial charge < -0.3 is 0 Å². The van der Waals surface area contributed by atoms with E-state index in [1.165, 1.54) is 11.1 Å². The van der Waals surface area contributed by atoms with Crippen molar-refractivity contribution in [1.29, 1.82) is 0 Å². The molecule has 148 valence electrons. The largest absolute Gasteiger partial charge is 0.261 e. The van der Waals surface area contributed by atoms with Gasteiger partial charge in [0.1, 0.15) is 0 Å². The van der Waals surface area contributed by atoms with Gasteiger partial charge in [-0.25, -0.2) is 4.57 Å². The molecule has 0 radical (unpaired) electrons. The molecule has 0 aliphatic carbocycles. The number of hydrogen-bond acceptors (Lipinski definition) is 2. The van der Waals surface area contributed by atoms with Crippen molar-refractivity contribution in [2.24, 2.45) is 5.10 Å². The quantitative estimate of drug-likeness (QED) is 0.232. The highest BCUT2D eigenvalue weighted by Crippen LogP contribution is 2.18. The third kappa shape index (κ3) is 5.21. The molecule has 3 heteroatoms. The summed E-state index contributed by atoms with van der Waals surface area (Å²) in [5.41, 5.74) is 5.70. The Kier molecular flexibility index (Phi) is 6.31. The molecule has 0 fully saturated rings. The first-order valence-corrected chi connectivity index (χ1v) is 10.2. The molecular formula is C27H26N3+. The highest BCUT2D eigenvalue weighted by molar-refractivity contribution is 5.98. The summed E-state index contributed by atoms with van der Waals surface area (Å²) in [6.07, 6.45) is 4.23. The lowest BCUT2D eigenvalue weighted by molar-refractivity contribution is -0.688. The van der Waals surface area contributed by atoms with Crippen molar-refractivity contribution in [2.45, 2.75) is 20.0 Å². The van der Waals surface area contributed by atoms with E-state index in [1.54, 1.807) is 0 Å². The van der Waals surface area contributed by atoms with Gasteiger partial charge in [0.25, 0.3) is 0 Å².